The summed E-state index contributed by atoms with van der Waals surface area (Å²) in [5.74, 6) is 0. The van der Waals surface area contributed by atoms with Crippen LogP contribution in [0, 0.1) is 6.92 Å². The highest BCUT2D eigenvalue weighted by Gasteiger charge is 2.15. The molecular formula is C18H20ClN3. The molecule has 0 spiro atoms. The minimum absolute atomic E-state index is 0.723. The van der Waals surface area contributed by atoms with Gasteiger partial charge in [-0.05, 0) is 56.0 Å². The van der Waals surface area contributed by atoms with Crippen molar-refractivity contribution < 1.29 is 0 Å². The molecule has 0 saturated carbocycles. The van der Waals surface area contributed by atoms with Crippen molar-refractivity contribution in [3.63, 3.8) is 0 Å². The number of aryl methyl sites for hydroxylation is 2. The average molecular weight is 314 g/mol. The number of nitrogens with one attached hydrogen (secondary N) is 1. The molecule has 3 aromatic rings. The van der Waals surface area contributed by atoms with E-state index in [9.17, 15) is 0 Å². The van der Waals surface area contributed by atoms with Crippen molar-refractivity contribution in [3.8, 4) is 11.4 Å². The number of aromatic amines is 1. The number of nitrogens with zero attached hydrogens (tertiary/aromatic N) is 1. The fourth-order valence-corrected chi connectivity index (χ4v) is 3.00. The van der Waals surface area contributed by atoms with Crippen molar-refractivity contribution in [1.29, 1.82) is 0 Å². The van der Waals surface area contributed by atoms with E-state index < -0.39 is 0 Å². The topological polar surface area (TPSA) is 54.7 Å². The maximum Gasteiger partial charge on any atom is 0.0867 e. The molecule has 0 atom stereocenters. The van der Waals surface area contributed by atoms with Gasteiger partial charge in [-0.15, -0.1) is 0 Å². The molecule has 0 aliphatic rings. The second-order valence-electron chi connectivity index (χ2n) is 5.61. The van der Waals surface area contributed by atoms with Crippen molar-refractivity contribution in [2.24, 2.45) is 5.73 Å². The second kappa shape index (κ2) is 6.51. The molecule has 3 N–H and O–H groups in total. The van der Waals surface area contributed by atoms with Gasteiger partial charge in [0.1, 0.15) is 0 Å². The molecule has 0 bridgehead atoms. The number of halogens is 1. The van der Waals surface area contributed by atoms with Gasteiger partial charge in [0.05, 0.1) is 21.9 Å². The van der Waals surface area contributed by atoms with E-state index in [1.54, 1.807) is 0 Å². The number of nitrogens with two attached hydrogens (primary N) is 1. The van der Waals surface area contributed by atoms with Gasteiger partial charge in [0.25, 0.3) is 0 Å². The standard InChI is InChI=1S/C18H20ClN3/c1-12-8-9-16(21-11-12)18-14(5-2-3-10-20)13-6-4-7-15(19)17(13)22-18/h4,6-9,11,22H,2-3,5,10,20H2,1H3. The van der Waals surface area contributed by atoms with Crippen LogP contribution < -0.4 is 5.73 Å². The van der Waals surface area contributed by atoms with Crippen molar-refractivity contribution in [2.45, 2.75) is 26.2 Å². The Bertz CT molecular complexity index is 775. The molecule has 0 aliphatic heterocycles. The highest BCUT2D eigenvalue weighted by Crippen LogP contribution is 2.33. The molecule has 0 unspecified atom stereocenters. The summed E-state index contributed by atoms with van der Waals surface area (Å²) >= 11 is 6.34. The molecule has 114 valence electrons. The maximum atomic E-state index is 6.34. The average Bonchev–Trinajstić information content (AvgIpc) is 2.89. The smallest absolute Gasteiger partial charge is 0.0867 e. The van der Waals surface area contributed by atoms with E-state index in [0.717, 1.165) is 53.3 Å². The van der Waals surface area contributed by atoms with E-state index in [0.29, 0.717) is 0 Å². The first-order valence-electron chi connectivity index (χ1n) is 7.63. The summed E-state index contributed by atoms with van der Waals surface area (Å²) in [7, 11) is 0. The molecule has 0 fully saturated rings. The third-order valence-electron chi connectivity index (χ3n) is 3.94. The van der Waals surface area contributed by atoms with Crippen molar-refractivity contribution >= 4 is 22.5 Å². The maximum absolute atomic E-state index is 6.34. The Hall–Kier alpha value is -1.84. The highest BCUT2D eigenvalue weighted by molar-refractivity contribution is 6.35. The summed E-state index contributed by atoms with van der Waals surface area (Å²) in [6.45, 7) is 2.77. The van der Waals surface area contributed by atoms with Gasteiger partial charge >= 0.3 is 0 Å². The Morgan fingerprint density at radius 1 is 1.18 bits per heavy atom. The van der Waals surface area contributed by atoms with Crippen molar-refractivity contribution in [3.05, 3.63) is 52.7 Å². The number of rotatable bonds is 5. The molecule has 1 aromatic carbocycles. The van der Waals surface area contributed by atoms with Gasteiger partial charge < -0.3 is 10.7 Å². The van der Waals surface area contributed by atoms with Gasteiger partial charge in [-0.1, -0.05) is 29.8 Å². The van der Waals surface area contributed by atoms with Crippen LogP contribution >= 0.6 is 11.6 Å². The molecule has 0 aliphatic carbocycles. The van der Waals surface area contributed by atoms with Crippen LogP contribution in [0.3, 0.4) is 0 Å². The van der Waals surface area contributed by atoms with E-state index in [2.05, 4.69) is 28.2 Å². The number of fused-ring (bicyclic) bond motifs is 1. The molecule has 3 rings (SSSR count). The summed E-state index contributed by atoms with van der Waals surface area (Å²) in [5.41, 5.74) is 11.1. The monoisotopic (exact) mass is 313 g/mol. The minimum Gasteiger partial charge on any atom is -0.352 e. The van der Waals surface area contributed by atoms with E-state index in [-0.39, 0.29) is 0 Å². The lowest BCUT2D eigenvalue weighted by molar-refractivity contribution is 0.748. The number of benzene rings is 1. The Morgan fingerprint density at radius 3 is 2.77 bits per heavy atom. The van der Waals surface area contributed by atoms with Gasteiger partial charge in [-0.2, -0.15) is 0 Å². The van der Waals surface area contributed by atoms with Crippen LogP contribution in [0.15, 0.2) is 36.5 Å². The number of unbranched alkanes of at least 4 members (excludes halogenated alkanes) is 1. The second-order valence-corrected chi connectivity index (χ2v) is 6.01. The normalized spacial score (nSPS) is 11.2. The zero-order chi connectivity index (χ0) is 15.5. The van der Waals surface area contributed by atoms with E-state index in [4.69, 9.17) is 17.3 Å². The fraction of sp³-hybridized carbons (Fsp3) is 0.278. The van der Waals surface area contributed by atoms with Crippen LogP contribution in [-0.2, 0) is 6.42 Å². The lowest BCUT2D eigenvalue weighted by Gasteiger charge is -2.05. The Kier molecular flexibility index (Phi) is 4.46. The van der Waals surface area contributed by atoms with E-state index in [1.807, 2.05) is 25.3 Å². The van der Waals surface area contributed by atoms with Crippen molar-refractivity contribution in [2.75, 3.05) is 6.54 Å². The molecule has 2 heterocycles. The minimum atomic E-state index is 0.723. The molecule has 2 aromatic heterocycles. The predicted molar refractivity (Wildman–Crippen MR) is 93.3 cm³/mol. The molecule has 22 heavy (non-hydrogen) atoms. The number of para-hydroxylation sites is 1. The number of aromatic nitrogens is 2. The van der Waals surface area contributed by atoms with Crippen LogP contribution in [0.25, 0.3) is 22.3 Å². The quantitative estimate of drug-likeness (QED) is 0.683. The first-order valence-corrected chi connectivity index (χ1v) is 8.00. The Balaban J connectivity index is 2.12. The highest BCUT2D eigenvalue weighted by atomic mass is 35.5. The Morgan fingerprint density at radius 2 is 2.05 bits per heavy atom. The largest absolute Gasteiger partial charge is 0.352 e. The van der Waals surface area contributed by atoms with E-state index >= 15 is 0 Å². The van der Waals surface area contributed by atoms with Gasteiger partial charge in [-0.3, -0.25) is 4.98 Å². The number of hydrogen-bond acceptors (Lipinski definition) is 2. The van der Waals surface area contributed by atoms with Crippen LogP contribution in [0.4, 0.5) is 0 Å². The van der Waals surface area contributed by atoms with Gasteiger partial charge in [0.15, 0.2) is 0 Å². The molecule has 0 amide bonds. The molecule has 4 heteroatoms. The third kappa shape index (κ3) is 2.87. The van der Waals surface area contributed by atoms with Crippen LogP contribution in [-0.4, -0.2) is 16.5 Å². The van der Waals surface area contributed by atoms with E-state index in [1.165, 1.54) is 10.9 Å². The van der Waals surface area contributed by atoms with Crippen molar-refractivity contribution in [1.82, 2.24) is 9.97 Å². The first-order chi connectivity index (χ1) is 10.7. The number of H-pyrrole nitrogens is 1. The summed E-state index contributed by atoms with van der Waals surface area (Å²) in [6.07, 6.45) is 4.96. The number of hydrogen-bond donors (Lipinski definition) is 2. The molecule has 0 saturated heterocycles. The molecule has 3 nitrogen and oxygen atoms in total. The summed E-state index contributed by atoms with van der Waals surface area (Å²) in [5, 5.41) is 1.93. The van der Waals surface area contributed by atoms with Crippen LogP contribution in [0.1, 0.15) is 24.0 Å². The SMILES string of the molecule is Cc1ccc(-c2[nH]c3c(Cl)cccc3c2CCCCN)nc1. The fourth-order valence-electron chi connectivity index (χ4n) is 2.78. The van der Waals surface area contributed by atoms with Crippen LogP contribution in [0.2, 0.25) is 5.02 Å². The zero-order valence-corrected chi connectivity index (χ0v) is 13.5. The molecular weight excluding hydrogens is 294 g/mol. The third-order valence-corrected chi connectivity index (χ3v) is 4.25. The summed E-state index contributed by atoms with van der Waals surface area (Å²) in [4.78, 5) is 8.03. The zero-order valence-electron chi connectivity index (χ0n) is 12.7. The summed E-state index contributed by atoms with van der Waals surface area (Å²) in [6, 6.07) is 10.2. The first kappa shape index (κ1) is 15.1. The van der Waals surface area contributed by atoms with Gasteiger partial charge in [0.2, 0.25) is 0 Å². The number of pyridine rings is 1. The van der Waals surface area contributed by atoms with Crippen LogP contribution in [0.5, 0.6) is 0 Å². The molecule has 0 radical (unpaired) electrons. The lowest BCUT2D eigenvalue weighted by atomic mass is 10.0. The lowest BCUT2D eigenvalue weighted by Crippen LogP contribution is -1.99. The predicted octanol–water partition coefficient (Wildman–Crippen LogP) is 4.47. The Labute approximate surface area is 135 Å². The van der Waals surface area contributed by atoms with Gasteiger partial charge in [-0.25, -0.2) is 0 Å². The summed E-state index contributed by atoms with van der Waals surface area (Å²) < 4.78 is 0. The van der Waals surface area contributed by atoms with Gasteiger partial charge in [0, 0.05) is 11.6 Å².